The average Bonchev–Trinajstić information content (AvgIpc) is 3.57. The number of para-hydroxylation sites is 1. The molecule has 0 spiro atoms. The van der Waals surface area contributed by atoms with E-state index in [2.05, 4.69) is 0 Å². The Balaban J connectivity index is 1.41. The van der Waals surface area contributed by atoms with Gasteiger partial charge in [-0.1, -0.05) is 30.4 Å². The molecular formula is C26H23N3O6. The van der Waals surface area contributed by atoms with Crippen LogP contribution < -0.4 is 4.90 Å². The second-order valence-electron chi connectivity index (χ2n) is 9.40. The molecule has 0 saturated carbocycles. The molecule has 5 unspecified atom stereocenters. The minimum absolute atomic E-state index is 0.121. The molecule has 6 rings (SSSR count). The van der Waals surface area contributed by atoms with Crippen molar-refractivity contribution in [2.24, 2.45) is 11.8 Å². The largest absolute Gasteiger partial charge is 0.376 e. The first-order chi connectivity index (χ1) is 17.0. The first-order valence-corrected chi connectivity index (χ1v) is 11.8. The number of anilines is 1. The maximum atomic E-state index is 13.9. The fraction of sp³-hybridized carbons (Fsp3) is 0.346. The van der Waals surface area contributed by atoms with Crippen molar-refractivity contribution in [2.75, 3.05) is 18.1 Å². The van der Waals surface area contributed by atoms with Crippen molar-refractivity contribution in [2.45, 2.75) is 31.0 Å². The maximum absolute atomic E-state index is 13.9. The number of carbonyl (C=O) groups is 3. The van der Waals surface area contributed by atoms with Crippen LogP contribution in [0.5, 0.6) is 0 Å². The fourth-order valence-electron chi connectivity index (χ4n) is 5.97. The van der Waals surface area contributed by atoms with E-state index in [1.54, 1.807) is 0 Å². The fourth-order valence-corrected chi connectivity index (χ4v) is 5.97. The summed E-state index contributed by atoms with van der Waals surface area (Å²) < 4.78 is 5.67. The van der Waals surface area contributed by atoms with Crippen molar-refractivity contribution in [1.29, 1.82) is 0 Å². The van der Waals surface area contributed by atoms with E-state index in [1.807, 2.05) is 41.3 Å². The number of rotatable bonds is 5. The van der Waals surface area contributed by atoms with Gasteiger partial charge in [0.25, 0.3) is 5.69 Å². The molecule has 2 aromatic carbocycles. The number of non-ortho nitro benzene ring substituents is 1. The van der Waals surface area contributed by atoms with Crippen molar-refractivity contribution >= 4 is 35.0 Å². The zero-order valence-corrected chi connectivity index (χ0v) is 18.8. The summed E-state index contributed by atoms with van der Waals surface area (Å²) in [5.74, 6) is -2.47. The van der Waals surface area contributed by atoms with Gasteiger partial charge in [0.2, 0.25) is 11.8 Å². The number of ether oxygens (including phenoxy) is 1. The Hall–Kier alpha value is -3.85. The Morgan fingerprint density at radius 3 is 2.51 bits per heavy atom. The summed E-state index contributed by atoms with van der Waals surface area (Å²) in [6.07, 6.45) is 5.35. The van der Waals surface area contributed by atoms with Crippen LogP contribution in [-0.2, 0) is 14.3 Å². The van der Waals surface area contributed by atoms with Gasteiger partial charge in [0.15, 0.2) is 5.78 Å². The first-order valence-electron chi connectivity index (χ1n) is 11.8. The molecule has 9 nitrogen and oxygen atoms in total. The molecule has 5 atom stereocenters. The van der Waals surface area contributed by atoms with Crippen LogP contribution in [-0.4, -0.2) is 58.8 Å². The van der Waals surface area contributed by atoms with Gasteiger partial charge >= 0.3 is 0 Å². The second kappa shape index (κ2) is 8.13. The zero-order valence-electron chi connectivity index (χ0n) is 18.8. The molecule has 9 heteroatoms. The average molecular weight is 473 g/mol. The van der Waals surface area contributed by atoms with Gasteiger partial charge in [-0.3, -0.25) is 29.4 Å². The number of imide groups is 1. The number of nitro benzene ring substituents is 1. The van der Waals surface area contributed by atoms with Gasteiger partial charge in [0.1, 0.15) is 6.04 Å². The lowest BCUT2D eigenvalue weighted by molar-refractivity contribution is -0.384. The molecule has 0 aliphatic carbocycles. The smallest absolute Gasteiger partial charge is 0.269 e. The second-order valence-corrected chi connectivity index (χ2v) is 9.40. The third-order valence-corrected chi connectivity index (χ3v) is 7.55. The molecule has 0 radical (unpaired) electrons. The van der Waals surface area contributed by atoms with E-state index in [-0.39, 0.29) is 41.5 Å². The van der Waals surface area contributed by atoms with E-state index >= 15 is 0 Å². The van der Waals surface area contributed by atoms with Crippen molar-refractivity contribution in [3.8, 4) is 0 Å². The quantitative estimate of drug-likeness (QED) is 0.284. The van der Waals surface area contributed by atoms with E-state index in [9.17, 15) is 24.5 Å². The highest BCUT2D eigenvalue weighted by Gasteiger charge is 2.64. The number of nitro groups is 1. The molecule has 3 saturated heterocycles. The number of carbonyl (C=O) groups excluding carboxylic acids is 3. The normalized spacial score (nSPS) is 28.7. The van der Waals surface area contributed by atoms with Gasteiger partial charge in [0, 0.05) is 30.0 Å². The molecule has 0 N–H and O–H groups in total. The Kier molecular flexibility index (Phi) is 5.03. The van der Waals surface area contributed by atoms with Crippen LogP contribution in [0.25, 0.3) is 6.08 Å². The summed E-state index contributed by atoms with van der Waals surface area (Å²) in [5, 5.41) is 11.1. The zero-order chi connectivity index (χ0) is 24.3. The summed E-state index contributed by atoms with van der Waals surface area (Å²) in [7, 11) is 0. The Morgan fingerprint density at radius 2 is 1.80 bits per heavy atom. The Bertz CT molecular complexity index is 1270. The third kappa shape index (κ3) is 3.30. The number of fused-ring (bicyclic) bond motifs is 5. The van der Waals surface area contributed by atoms with Crippen LogP contribution in [0.3, 0.4) is 0 Å². The van der Waals surface area contributed by atoms with Crippen LogP contribution in [0, 0.1) is 22.0 Å². The molecule has 0 aromatic heterocycles. The number of benzene rings is 2. The SMILES string of the molecule is O=C(c1ccc([N+](=O)[O-])cc1)C1C2C(=O)N(CC3CCCO3)C(=O)C2C2C=Cc3ccccc3N21. The number of hydrogen-bond donors (Lipinski definition) is 0. The number of Topliss-reactive ketones (excluding diaryl/α,β-unsaturated/α-hetero) is 1. The molecule has 2 aromatic rings. The molecule has 4 aliphatic heterocycles. The molecule has 4 heterocycles. The number of ketones is 1. The van der Waals surface area contributed by atoms with E-state index in [4.69, 9.17) is 4.74 Å². The minimum Gasteiger partial charge on any atom is -0.376 e. The summed E-state index contributed by atoms with van der Waals surface area (Å²) in [4.78, 5) is 54.9. The van der Waals surface area contributed by atoms with Crippen molar-refractivity contribution < 1.29 is 24.0 Å². The van der Waals surface area contributed by atoms with Crippen LogP contribution >= 0.6 is 0 Å². The third-order valence-electron chi connectivity index (χ3n) is 7.55. The van der Waals surface area contributed by atoms with Gasteiger partial charge < -0.3 is 9.64 Å². The van der Waals surface area contributed by atoms with Crippen LogP contribution in [0.1, 0.15) is 28.8 Å². The van der Waals surface area contributed by atoms with Crippen LogP contribution in [0.4, 0.5) is 11.4 Å². The monoisotopic (exact) mass is 473 g/mol. The van der Waals surface area contributed by atoms with Gasteiger partial charge in [-0.2, -0.15) is 0 Å². The Labute approximate surface area is 201 Å². The lowest BCUT2D eigenvalue weighted by Crippen LogP contribution is -2.49. The lowest BCUT2D eigenvalue weighted by atomic mass is 9.86. The van der Waals surface area contributed by atoms with Gasteiger partial charge in [-0.15, -0.1) is 0 Å². The highest BCUT2D eigenvalue weighted by molar-refractivity contribution is 6.14. The Morgan fingerprint density at radius 1 is 1.06 bits per heavy atom. The number of likely N-dealkylation sites (tertiary alicyclic amines) is 1. The number of nitrogens with zero attached hydrogens (tertiary/aromatic N) is 3. The standard InChI is InChI=1S/C26H23N3O6/c30-24(16-7-10-17(11-8-16)29(33)34)23-22-21(20-12-9-15-4-1-2-6-19(15)28(20)23)25(31)27(26(22)32)14-18-5-3-13-35-18/h1-2,4,6-12,18,20-23H,3,5,13-14H2. The molecule has 3 fully saturated rings. The van der Waals surface area contributed by atoms with Gasteiger partial charge in [-0.05, 0) is 36.6 Å². The lowest BCUT2D eigenvalue weighted by Gasteiger charge is -2.36. The molecule has 2 amide bonds. The number of hydrogen-bond acceptors (Lipinski definition) is 7. The van der Waals surface area contributed by atoms with Gasteiger partial charge in [-0.25, -0.2) is 0 Å². The highest BCUT2D eigenvalue weighted by Crippen LogP contribution is 2.49. The van der Waals surface area contributed by atoms with Crippen molar-refractivity contribution in [1.82, 2.24) is 4.90 Å². The van der Waals surface area contributed by atoms with E-state index in [1.165, 1.54) is 29.2 Å². The van der Waals surface area contributed by atoms with E-state index in [0.29, 0.717) is 6.61 Å². The van der Waals surface area contributed by atoms with Crippen LogP contribution in [0.15, 0.2) is 54.6 Å². The summed E-state index contributed by atoms with van der Waals surface area (Å²) in [6.45, 7) is 0.820. The van der Waals surface area contributed by atoms with Crippen molar-refractivity contribution in [3.05, 3.63) is 75.8 Å². The minimum atomic E-state index is -0.900. The van der Waals surface area contributed by atoms with Gasteiger partial charge in [0.05, 0.1) is 35.4 Å². The molecule has 35 heavy (non-hydrogen) atoms. The summed E-state index contributed by atoms with van der Waals surface area (Å²) in [5.41, 5.74) is 1.84. The number of amides is 2. The molecule has 178 valence electrons. The summed E-state index contributed by atoms with van der Waals surface area (Å²) >= 11 is 0. The maximum Gasteiger partial charge on any atom is 0.269 e. The summed E-state index contributed by atoms with van der Waals surface area (Å²) in [6, 6.07) is 11.6. The van der Waals surface area contributed by atoms with Crippen LogP contribution in [0.2, 0.25) is 0 Å². The predicted molar refractivity (Wildman–Crippen MR) is 126 cm³/mol. The first kappa shape index (κ1) is 21.7. The van der Waals surface area contributed by atoms with E-state index in [0.717, 1.165) is 24.1 Å². The highest BCUT2D eigenvalue weighted by atomic mass is 16.6. The van der Waals surface area contributed by atoms with E-state index < -0.39 is 28.8 Å². The molecule has 4 aliphatic rings. The predicted octanol–water partition coefficient (Wildman–Crippen LogP) is 2.84. The topological polar surface area (TPSA) is 110 Å². The molecule has 0 bridgehead atoms. The molecular weight excluding hydrogens is 450 g/mol. The van der Waals surface area contributed by atoms with Crippen molar-refractivity contribution in [3.63, 3.8) is 0 Å².